The van der Waals surface area contributed by atoms with Crippen LogP contribution in [0.4, 0.5) is 0 Å². The summed E-state index contributed by atoms with van der Waals surface area (Å²) in [5, 5.41) is 10.2. The summed E-state index contributed by atoms with van der Waals surface area (Å²) in [5.74, 6) is 0. The first-order valence-electron chi connectivity index (χ1n) is 6.63. The van der Waals surface area contributed by atoms with Gasteiger partial charge in [0.2, 0.25) is 0 Å². The van der Waals surface area contributed by atoms with E-state index in [0.29, 0.717) is 19.6 Å². The third-order valence-electron chi connectivity index (χ3n) is 2.47. The molecule has 0 bridgehead atoms. The standard InChI is InChI=1S/C13H27O4P/c1-6-9-12(14)13(10-11(4)5)18(15,16-7-2)17-8-3/h10,12-14H,6-9H2,1-5H3/t12-,13+/m1/s1. The van der Waals surface area contributed by atoms with Crippen molar-refractivity contribution in [1.29, 1.82) is 0 Å². The molecule has 4 nitrogen and oxygen atoms in total. The summed E-state index contributed by atoms with van der Waals surface area (Å²) in [6.45, 7) is 9.97. The molecule has 0 fully saturated rings. The summed E-state index contributed by atoms with van der Waals surface area (Å²) in [6, 6.07) is 0. The molecular formula is C13H27O4P. The summed E-state index contributed by atoms with van der Waals surface area (Å²) in [5.41, 5.74) is 0.414. The van der Waals surface area contributed by atoms with Gasteiger partial charge < -0.3 is 14.2 Å². The van der Waals surface area contributed by atoms with Gasteiger partial charge in [0.1, 0.15) is 5.66 Å². The lowest BCUT2D eigenvalue weighted by molar-refractivity contribution is 0.142. The zero-order valence-electron chi connectivity index (χ0n) is 12.2. The van der Waals surface area contributed by atoms with Gasteiger partial charge in [-0.15, -0.1) is 0 Å². The minimum Gasteiger partial charge on any atom is -0.392 e. The number of hydrogen-bond donors (Lipinski definition) is 1. The normalized spacial score (nSPS) is 15.2. The first kappa shape index (κ1) is 17.8. The summed E-state index contributed by atoms with van der Waals surface area (Å²) < 4.78 is 23.4. The Morgan fingerprint density at radius 3 is 2.06 bits per heavy atom. The van der Waals surface area contributed by atoms with Crippen molar-refractivity contribution < 1.29 is 18.7 Å². The van der Waals surface area contributed by atoms with Crippen LogP contribution >= 0.6 is 7.60 Å². The largest absolute Gasteiger partial charge is 0.392 e. The number of allylic oxidation sites excluding steroid dienone is 1. The van der Waals surface area contributed by atoms with E-state index in [1.54, 1.807) is 19.9 Å². The lowest BCUT2D eigenvalue weighted by Crippen LogP contribution is -2.26. The summed E-state index contributed by atoms with van der Waals surface area (Å²) in [7, 11) is -3.30. The SMILES string of the molecule is CCC[C@@H](O)[C@H](C=C(C)C)P(=O)(OCC)OCC. The fourth-order valence-electron chi connectivity index (χ4n) is 1.79. The Morgan fingerprint density at radius 2 is 1.72 bits per heavy atom. The van der Waals surface area contributed by atoms with Crippen molar-refractivity contribution in [3.63, 3.8) is 0 Å². The van der Waals surface area contributed by atoms with Crippen LogP contribution in [0.1, 0.15) is 47.5 Å². The average molecular weight is 278 g/mol. The van der Waals surface area contributed by atoms with Gasteiger partial charge in [0.05, 0.1) is 19.3 Å². The molecule has 108 valence electrons. The van der Waals surface area contributed by atoms with E-state index in [9.17, 15) is 9.67 Å². The summed E-state index contributed by atoms with van der Waals surface area (Å²) in [6.07, 6.45) is 2.51. The highest BCUT2D eigenvalue weighted by Crippen LogP contribution is 2.55. The Morgan fingerprint density at radius 1 is 1.22 bits per heavy atom. The Balaban J connectivity index is 5.22. The first-order chi connectivity index (χ1) is 8.41. The van der Waals surface area contributed by atoms with Crippen molar-refractivity contribution in [2.24, 2.45) is 0 Å². The molecule has 18 heavy (non-hydrogen) atoms. The second-order valence-electron chi connectivity index (χ2n) is 4.47. The average Bonchev–Trinajstić information content (AvgIpc) is 2.26. The van der Waals surface area contributed by atoms with Gasteiger partial charge in [-0.1, -0.05) is 25.0 Å². The Bertz CT molecular complexity index is 287. The second kappa shape index (κ2) is 8.87. The maximum absolute atomic E-state index is 12.7. The van der Waals surface area contributed by atoms with Crippen LogP contribution in [0.2, 0.25) is 0 Å². The highest BCUT2D eigenvalue weighted by molar-refractivity contribution is 7.55. The molecule has 1 N–H and O–H groups in total. The van der Waals surface area contributed by atoms with Gasteiger partial charge in [-0.05, 0) is 34.1 Å². The van der Waals surface area contributed by atoms with Gasteiger partial charge in [-0.2, -0.15) is 0 Å². The predicted octanol–water partition coefficient (Wildman–Crippen LogP) is 3.75. The molecular weight excluding hydrogens is 251 g/mol. The van der Waals surface area contributed by atoms with Crippen LogP contribution in [-0.4, -0.2) is 30.1 Å². The predicted molar refractivity (Wildman–Crippen MR) is 75.0 cm³/mol. The molecule has 0 radical (unpaired) electrons. The zero-order chi connectivity index (χ0) is 14.2. The summed E-state index contributed by atoms with van der Waals surface area (Å²) in [4.78, 5) is 0. The molecule has 0 heterocycles. The molecule has 5 heteroatoms. The highest BCUT2D eigenvalue weighted by Gasteiger charge is 2.38. The van der Waals surface area contributed by atoms with Crippen LogP contribution in [0.5, 0.6) is 0 Å². The molecule has 0 saturated carbocycles. The minimum atomic E-state index is -3.30. The van der Waals surface area contributed by atoms with Gasteiger partial charge in [0, 0.05) is 0 Å². The van der Waals surface area contributed by atoms with E-state index in [1.165, 1.54) is 0 Å². The maximum Gasteiger partial charge on any atom is 0.340 e. The van der Waals surface area contributed by atoms with Crippen molar-refractivity contribution in [3.8, 4) is 0 Å². The van der Waals surface area contributed by atoms with E-state index < -0.39 is 19.4 Å². The molecule has 2 atom stereocenters. The van der Waals surface area contributed by atoms with Gasteiger partial charge in [0.25, 0.3) is 0 Å². The Kier molecular flexibility index (Phi) is 8.79. The topological polar surface area (TPSA) is 55.8 Å². The van der Waals surface area contributed by atoms with E-state index in [-0.39, 0.29) is 0 Å². The van der Waals surface area contributed by atoms with E-state index in [4.69, 9.17) is 9.05 Å². The van der Waals surface area contributed by atoms with Crippen molar-refractivity contribution in [2.75, 3.05) is 13.2 Å². The van der Waals surface area contributed by atoms with Crippen molar-refractivity contribution in [1.82, 2.24) is 0 Å². The maximum atomic E-state index is 12.7. The molecule has 0 amide bonds. The van der Waals surface area contributed by atoms with Crippen LogP contribution in [-0.2, 0) is 13.6 Å². The third kappa shape index (κ3) is 5.66. The number of aliphatic hydroxyl groups excluding tert-OH is 1. The lowest BCUT2D eigenvalue weighted by atomic mass is 10.1. The molecule has 0 aromatic rings. The molecule has 0 aliphatic carbocycles. The molecule has 0 aromatic carbocycles. The molecule has 0 saturated heterocycles. The van der Waals surface area contributed by atoms with Crippen LogP contribution in [0.15, 0.2) is 11.6 Å². The monoisotopic (exact) mass is 278 g/mol. The van der Waals surface area contributed by atoms with E-state index in [2.05, 4.69) is 0 Å². The van der Waals surface area contributed by atoms with Crippen molar-refractivity contribution in [2.45, 2.75) is 59.2 Å². The van der Waals surface area contributed by atoms with Crippen LogP contribution in [0.25, 0.3) is 0 Å². The number of aliphatic hydroxyl groups is 1. The van der Waals surface area contributed by atoms with Gasteiger partial charge in [0.15, 0.2) is 0 Å². The number of rotatable bonds is 9. The number of hydrogen-bond acceptors (Lipinski definition) is 4. The van der Waals surface area contributed by atoms with Gasteiger partial charge in [-0.3, -0.25) is 4.57 Å². The molecule has 0 aliphatic rings. The fourth-order valence-corrected chi connectivity index (χ4v) is 3.98. The smallest absolute Gasteiger partial charge is 0.340 e. The van der Waals surface area contributed by atoms with Crippen LogP contribution < -0.4 is 0 Å². The van der Waals surface area contributed by atoms with E-state index in [1.807, 2.05) is 20.8 Å². The lowest BCUT2D eigenvalue weighted by Gasteiger charge is -2.28. The molecule has 0 rings (SSSR count). The second-order valence-corrected chi connectivity index (χ2v) is 6.66. The molecule has 0 aliphatic heterocycles. The van der Waals surface area contributed by atoms with Crippen molar-refractivity contribution >= 4 is 7.60 Å². The fraction of sp³-hybridized carbons (Fsp3) is 0.846. The summed E-state index contributed by atoms with van der Waals surface area (Å²) >= 11 is 0. The molecule has 0 spiro atoms. The Hall–Kier alpha value is -0.150. The highest BCUT2D eigenvalue weighted by atomic mass is 31.2. The van der Waals surface area contributed by atoms with E-state index in [0.717, 1.165) is 12.0 Å². The zero-order valence-corrected chi connectivity index (χ0v) is 13.1. The minimum absolute atomic E-state index is 0.309. The quantitative estimate of drug-likeness (QED) is 0.515. The van der Waals surface area contributed by atoms with Gasteiger partial charge >= 0.3 is 7.60 Å². The molecule has 0 unspecified atom stereocenters. The molecule has 0 aromatic heterocycles. The first-order valence-corrected chi connectivity index (χ1v) is 8.24. The third-order valence-corrected chi connectivity index (χ3v) is 4.93. The van der Waals surface area contributed by atoms with E-state index >= 15 is 0 Å². The van der Waals surface area contributed by atoms with Crippen LogP contribution in [0.3, 0.4) is 0 Å². The van der Waals surface area contributed by atoms with Crippen LogP contribution in [0, 0.1) is 0 Å². The van der Waals surface area contributed by atoms with Gasteiger partial charge in [-0.25, -0.2) is 0 Å². The van der Waals surface area contributed by atoms with Crippen molar-refractivity contribution in [3.05, 3.63) is 11.6 Å². The Labute approximate surface area is 111 Å².